The third-order valence-electron chi connectivity index (χ3n) is 3.80. The molecular weight excluding hydrogens is 310 g/mol. The summed E-state index contributed by atoms with van der Waals surface area (Å²) in [5, 5.41) is 6.27. The van der Waals surface area contributed by atoms with Crippen LogP contribution >= 0.6 is 11.8 Å². The highest BCUT2D eigenvalue weighted by atomic mass is 32.2. The normalized spacial score (nSPS) is 21.9. The summed E-state index contributed by atoms with van der Waals surface area (Å²) in [6.45, 7) is 1.47. The van der Waals surface area contributed by atoms with Crippen LogP contribution in [0.3, 0.4) is 0 Å². The van der Waals surface area contributed by atoms with Crippen molar-refractivity contribution in [1.29, 1.82) is 0 Å². The molecule has 2 amide bonds. The fourth-order valence-corrected chi connectivity index (χ4v) is 3.60. The van der Waals surface area contributed by atoms with E-state index in [1.165, 1.54) is 31.5 Å². The van der Waals surface area contributed by atoms with Crippen molar-refractivity contribution in [2.24, 2.45) is 4.99 Å². The van der Waals surface area contributed by atoms with Crippen molar-refractivity contribution in [3.8, 4) is 0 Å². The average Bonchev–Trinajstić information content (AvgIpc) is 3.12. The van der Waals surface area contributed by atoms with Gasteiger partial charge in [-0.2, -0.15) is 0 Å². The van der Waals surface area contributed by atoms with Gasteiger partial charge in [0.2, 0.25) is 5.91 Å². The highest BCUT2D eigenvalue weighted by Crippen LogP contribution is 2.29. The van der Waals surface area contributed by atoms with Gasteiger partial charge in [0, 0.05) is 12.6 Å². The number of carbonyl (C=O) groups is 2. The van der Waals surface area contributed by atoms with Crippen molar-refractivity contribution in [1.82, 2.24) is 5.32 Å². The Kier molecular flexibility index (Phi) is 4.81. The first-order valence-corrected chi connectivity index (χ1v) is 8.58. The van der Waals surface area contributed by atoms with Crippen molar-refractivity contribution in [3.05, 3.63) is 34.7 Å². The van der Waals surface area contributed by atoms with Crippen molar-refractivity contribution in [3.63, 3.8) is 0 Å². The van der Waals surface area contributed by atoms with Crippen molar-refractivity contribution in [2.75, 3.05) is 5.32 Å². The van der Waals surface area contributed by atoms with Gasteiger partial charge in [-0.15, -0.1) is 0 Å². The molecule has 0 atom stereocenters. The third kappa shape index (κ3) is 4.22. The summed E-state index contributed by atoms with van der Waals surface area (Å²) in [5.74, 6) is -0.202. The van der Waals surface area contributed by atoms with E-state index in [0.717, 1.165) is 24.1 Å². The Morgan fingerprint density at radius 2 is 2.00 bits per heavy atom. The average molecular weight is 329 g/mol. The first-order valence-electron chi connectivity index (χ1n) is 7.76. The lowest BCUT2D eigenvalue weighted by atomic mass is 10.2. The number of anilines is 1. The SMILES string of the molecule is CC(=O)Nc1ccc(C=C2SC(=NC3CCCC3)NC2=O)cc1. The maximum absolute atomic E-state index is 12.0. The number of amides is 2. The lowest BCUT2D eigenvalue weighted by Crippen LogP contribution is -2.21. The van der Waals surface area contributed by atoms with Gasteiger partial charge in [0.1, 0.15) is 0 Å². The Labute approximate surface area is 139 Å². The molecule has 2 fully saturated rings. The number of thioether (sulfide) groups is 1. The fourth-order valence-electron chi connectivity index (χ4n) is 2.70. The molecule has 5 nitrogen and oxygen atoms in total. The molecule has 1 saturated carbocycles. The molecule has 2 N–H and O–H groups in total. The van der Waals surface area contributed by atoms with Crippen LogP contribution in [0.5, 0.6) is 0 Å². The third-order valence-corrected chi connectivity index (χ3v) is 4.73. The molecule has 0 aromatic heterocycles. The summed E-state index contributed by atoms with van der Waals surface area (Å²) in [6.07, 6.45) is 6.52. The van der Waals surface area contributed by atoms with Gasteiger partial charge in [0.05, 0.1) is 10.9 Å². The second-order valence-corrected chi connectivity index (χ2v) is 6.77. The lowest BCUT2D eigenvalue weighted by Gasteiger charge is -2.02. The molecule has 23 heavy (non-hydrogen) atoms. The quantitative estimate of drug-likeness (QED) is 0.837. The number of hydrogen-bond acceptors (Lipinski definition) is 4. The number of benzene rings is 1. The number of nitrogens with zero attached hydrogens (tertiary/aromatic N) is 1. The van der Waals surface area contributed by atoms with E-state index in [0.29, 0.717) is 16.1 Å². The minimum atomic E-state index is -0.102. The summed E-state index contributed by atoms with van der Waals surface area (Å²) in [7, 11) is 0. The van der Waals surface area contributed by atoms with Crippen LogP contribution in [0, 0.1) is 0 Å². The first kappa shape index (κ1) is 15.8. The molecule has 0 radical (unpaired) electrons. The predicted molar refractivity (Wildman–Crippen MR) is 94.1 cm³/mol. The maximum Gasteiger partial charge on any atom is 0.264 e. The van der Waals surface area contributed by atoms with Crippen LogP contribution in [0.4, 0.5) is 5.69 Å². The minimum Gasteiger partial charge on any atom is -0.326 e. The number of amidine groups is 1. The molecule has 1 aromatic rings. The first-order chi connectivity index (χ1) is 11.1. The van der Waals surface area contributed by atoms with Gasteiger partial charge < -0.3 is 10.6 Å². The summed E-state index contributed by atoms with van der Waals surface area (Å²) in [4.78, 5) is 28.3. The zero-order chi connectivity index (χ0) is 16.2. The Morgan fingerprint density at radius 3 is 2.65 bits per heavy atom. The molecule has 6 heteroatoms. The zero-order valence-corrected chi connectivity index (χ0v) is 13.8. The molecule has 120 valence electrons. The van der Waals surface area contributed by atoms with E-state index in [1.54, 1.807) is 0 Å². The van der Waals surface area contributed by atoms with Gasteiger partial charge >= 0.3 is 0 Å². The summed E-state index contributed by atoms with van der Waals surface area (Å²) in [5.41, 5.74) is 1.66. The van der Waals surface area contributed by atoms with Gasteiger partial charge in [0.25, 0.3) is 5.91 Å². The maximum atomic E-state index is 12.0. The largest absolute Gasteiger partial charge is 0.326 e. The van der Waals surface area contributed by atoms with Gasteiger partial charge in [-0.25, -0.2) is 0 Å². The van der Waals surface area contributed by atoms with Crippen molar-refractivity contribution < 1.29 is 9.59 Å². The van der Waals surface area contributed by atoms with Crippen LogP contribution in [0.1, 0.15) is 38.2 Å². The van der Waals surface area contributed by atoms with E-state index >= 15 is 0 Å². The molecule has 1 heterocycles. The Morgan fingerprint density at radius 1 is 1.30 bits per heavy atom. The lowest BCUT2D eigenvalue weighted by molar-refractivity contribution is -0.115. The van der Waals surface area contributed by atoms with Crippen molar-refractivity contribution in [2.45, 2.75) is 38.6 Å². The van der Waals surface area contributed by atoms with E-state index in [1.807, 2.05) is 30.3 Å². The standard InChI is InChI=1S/C17H19N3O2S/c1-11(21)18-14-8-6-12(7-9-14)10-15-16(22)20-17(23-15)19-13-4-2-3-5-13/h6-10,13H,2-5H2,1H3,(H,18,21)(H,19,20,22). The number of nitrogens with one attached hydrogen (secondary N) is 2. The highest BCUT2D eigenvalue weighted by molar-refractivity contribution is 8.18. The van der Waals surface area contributed by atoms with Crippen LogP contribution in [0.2, 0.25) is 0 Å². The molecule has 3 rings (SSSR count). The molecular formula is C17H19N3O2S. The number of rotatable bonds is 3. The molecule has 1 aliphatic carbocycles. The summed E-state index contributed by atoms with van der Waals surface area (Å²) in [6, 6.07) is 7.74. The van der Waals surface area contributed by atoms with Gasteiger partial charge in [-0.05, 0) is 48.4 Å². The van der Waals surface area contributed by atoms with Gasteiger partial charge in [-0.1, -0.05) is 25.0 Å². The Balaban J connectivity index is 1.69. The van der Waals surface area contributed by atoms with E-state index in [2.05, 4.69) is 15.6 Å². The van der Waals surface area contributed by atoms with E-state index in [9.17, 15) is 9.59 Å². The van der Waals surface area contributed by atoms with Gasteiger partial charge in [-0.3, -0.25) is 14.6 Å². The molecule has 2 aliphatic rings. The monoisotopic (exact) mass is 329 g/mol. The molecule has 0 spiro atoms. The summed E-state index contributed by atoms with van der Waals surface area (Å²) < 4.78 is 0. The molecule has 1 aromatic carbocycles. The molecule has 0 bridgehead atoms. The van der Waals surface area contributed by atoms with Crippen molar-refractivity contribution >= 4 is 40.5 Å². The number of hydrogen-bond donors (Lipinski definition) is 2. The highest BCUT2D eigenvalue weighted by Gasteiger charge is 2.25. The second kappa shape index (κ2) is 7.00. The zero-order valence-electron chi connectivity index (χ0n) is 13.0. The Hall–Kier alpha value is -2.08. The van der Waals surface area contributed by atoms with E-state index in [4.69, 9.17) is 0 Å². The topological polar surface area (TPSA) is 70.6 Å². The van der Waals surface area contributed by atoms with Crippen LogP contribution in [0.15, 0.2) is 34.2 Å². The van der Waals surface area contributed by atoms with E-state index in [-0.39, 0.29) is 11.8 Å². The van der Waals surface area contributed by atoms with Crippen LogP contribution in [-0.2, 0) is 9.59 Å². The summed E-state index contributed by atoms with van der Waals surface area (Å²) >= 11 is 1.40. The van der Waals surface area contributed by atoms with Crippen LogP contribution in [-0.4, -0.2) is 23.0 Å². The van der Waals surface area contributed by atoms with E-state index < -0.39 is 0 Å². The van der Waals surface area contributed by atoms with Crippen LogP contribution < -0.4 is 10.6 Å². The number of carbonyl (C=O) groups excluding carboxylic acids is 2. The number of aliphatic imine (C=N–C) groups is 1. The molecule has 0 unspecified atom stereocenters. The smallest absolute Gasteiger partial charge is 0.264 e. The fraction of sp³-hybridized carbons (Fsp3) is 0.353. The Bertz CT molecular complexity index is 674. The van der Waals surface area contributed by atoms with Gasteiger partial charge in [0.15, 0.2) is 5.17 Å². The van der Waals surface area contributed by atoms with Crippen LogP contribution in [0.25, 0.3) is 6.08 Å². The second-order valence-electron chi connectivity index (χ2n) is 5.74. The molecule has 1 saturated heterocycles. The molecule has 1 aliphatic heterocycles. The minimum absolute atomic E-state index is 0.0994. The predicted octanol–water partition coefficient (Wildman–Crippen LogP) is 3.15.